The molecule has 18 heavy (non-hydrogen) atoms. The van der Waals surface area contributed by atoms with E-state index in [0.29, 0.717) is 0 Å². The number of nitrogens with one attached hydrogen (secondary N) is 1. The van der Waals surface area contributed by atoms with Crippen molar-refractivity contribution in [3.05, 3.63) is 23.2 Å². The van der Waals surface area contributed by atoms with Crippen LogP contribution in [0.4, 0.5) is 5.69 Å². The first-order valence-electron chi connectivity index (χ1n) is 5.01. The zero-order chi connectivity index (χ0) is 13.9. The Hall–Kier alpha value is -1.31. The van der Waals surface area contributed by atoms with E-state index in [1.807, 2.05) is 0 Å². The molecular formula is C10H14ClN3O3S. The molecule has 3 N–H and O–H groups in total. The Morgan fingerprint density at radius 3 is 2.61 bits per heavy atom. The second-order valence-electron chi connectivity index (χ2n) is 3.62. The summed E-state index contributed by atoms with van der Waals surface area (Å²) in [5, 5.41) is 2.63. The number of carbonyl (C=O) groups excluding carboxylic acids is 1. The molecule has 0 spiro atoms. The Morgan fingerprint density at radius 1 is 1.50 bits per heavy atom. The molecule has 1 aromatic rings. The number of halogens is 1. The number of nitrogens with two attached hydrogens (primary N) is 1. The van der Waals surface area contributed by atoms with Crippen LogP contribution >= 0.6 is 11.6 Å². The Bertz CT molecular complexity index is 559. The maximum atomic E-state index is 12.1. The molecule has 100 valence electrons. The van der Waals surface area contributed by atoms with Crippen molar-refractivity contribution in [1.29, 1.82) is 0 Å². The molecule has 1 amide bonds. The Morgan fingerprint density at radius 2 is 2.11 bits per heavy atom. The molecule has 6 nitrogen and oxygen atoms in total. The van der Waals surface area contributed by atoms with Gasteiger partial charge in [0.2, 0.25) is 15.9 Å². The van der Waals surface area contributed by atoms with Crippen LogP contribution in [-0.4, -0.2) is 39.3 Å². The summed E-state index contributed by atoms with van der Waals surface area (Å²) in [5.74, 6) is -0.400. The molecule has 0 radical (unpaired) electrons. The number of anilines is 1. The van der Waals surface area contributed by atoms with Crippen molar-refractivity contribution in [2.75, 3.05) is 26.4 Å². The summed E-state index contributed by atoms with van der Waals surface area (Å²) in [6.07, 6.45) is 0. The highest BCUT2D eigenvalue weighted by Gasteiger charge is 2.23. The fourth-order valence-electron chi connectivity index (χ4n) is 1.23. The van der Waals surface area contributed by atoms with Gasteiger partial charge in [-0.3, -0.25) is 4.79 Å². The first-order valence-corrected chi connectivity index (χ1v) is 6.82. The predicted octanol–water partition coefficient (Wildman–Crippen LogP) is 0.289. The third kappa shape index (κ3) is 3.12. The van der Waals surface area contributed by atoms with Crippen LogP contribution in [0, 0.1) is 0 Å². The van der Waals surface area contributed by atoms with Crippen molar-refractivity contribution < 1.29 is 13.2 Å². The second kappa shape index (κ2) is 5.55. The van der Waals surface area contributed by atoms with E-state index in [-0.39, 0.29) is 22.2 Å². The number of rotatable bonds is 4. The lowest BCUT2D eigenvalue weighted by atomic mass is 10.3. The van der Waals surface area contributed by atoms with Crippen molar-refractivity contribution in [2.24, 2.45) is 0 Å². The van der Waals surface area contributed by atoms with Crippen LogP contribution in [0.3, 0.4) is 0 Å². The number of sulfonamides is 1. The van der Waals surface area contributed by atoms with E-state index in [0.717, 1.165) is 4.31 Å². The van der Waals surface area contributed by atoms with Crippen molar-refractivity contribution in [1.82, 2.24) is 9.62 Å². The average Bonchev–Trinajstić information content (AvgIpc) is 2.32. The zero-order valence-corrected chi connectivity index (χ0v) is 11.5. The molecule has 0 aliphatic rings. The molecule has 0 aromatic heterocycles. The van der Waals surface area contributed by atoms with Gasteiger partial charge in [0.1, 0.15) is 0 Å². The number of carbonyl (C=O) groups is 1. The first kappa shape index (κ1) is 14.7. The van der Waals surface area contributed by atoms with Crippen molar-refractivity contribution in [3.63, 3.8) is 0 Å². The molecule has 1 aromatic carbocycles. The lowest BCUT2D eigenvalue weighted by Crippen LogP contribution is -2.36. The third-order valence-corrected chi connectivity index (χ3v) is 4.46. The second-order valence-corrected chi connectivity index (χ2v) is 6.07. The van der Waals surface area contributed by atoms with Gasteiger partial charge in [-0.2, -0.15) is 4.31 Å². The highest BCUT2D eigenvalue weighted by Crippen LogP contribution is 2.23. The van der Waals surface area contributed by atoms with Crippen LogP contribution in [0.1, 0.15) is 0 Å². The van der Waals surface area contributed by atoms with Crippen LogP contribution in [0.15, 0.2) is 23.1 Å². The van der Waals surface area contributed by atoms with E-state index in [2.05, 4.69) is 5.32 Å². The van der Waals surface area contributed by atoms with Gasteiger partial charge in [-0.15, -0.1) is 0 Å². The summed E-state index contributed by atoms with van der Waals surface area (Å²) in [5.41, 5.74) is 5.72. The molecule has 0 atom stereocenters. The zero-order valence-electron chi connectivity index (χ0n) is 9.97. The van der Waals surface area contributed by atoms with E-state index in [4.69, 9.17) is 17.3 Å². The number of likely N-dealkylation sites (N-methyl/N-ethyl adjacent to an activating group) is 2. The molecule has 0 bridgehead atoms. The van der Waals surface area contributed by atoms with Crippen LogP contribution in [0.25, 0.3) is 0 Å². The van der Waals surface area contributed by atoms with Crippen molar-refractivity contribution >= 4 is 33.2 Å². The van der Waals surface area contributed by atoms with Gasteiger partial charge < -0.3 is 11.1 Å². The molecule has 0 aliphatic carbocycles. The molecular weight excluding hydrogens is 278 g/mol. The number of hydrogen-bond donors (Lipinski definition) is 2. The van der Waals surface area contributed by atoms with Gasteiger partial charge in [-0.1, -0.05) is 11.6 Å². The van der Waals surface area contributed by atoms with E-state index in [1.54, 1.807) is 0 Å². The molecule has 0 aliphatic heterocycles. The summed E-state index contributed by atoms with van der Waals surface area (Å²) in [4.78, 5) is 11.2. The van der Waals surface area contributed by atoms with Gasteiger partial charge >= 0.3 is 0 Å². The average molecular weight is 292 g/mol. The van der Waals surface area contributed by atoms with Gasteiger partial charge in [0.25, 0.3) is 0 Å². The van der Waals surface area contributed by atoms with Gasteiger partial charge in [0.05, 0.1) is 22.2 Å². The highest BCUT2D eigenvalue weighted by molar-refractivity contribution is 7.89. The van der Waals surface area contributed by atoms with E-state index in [9.17, 15) is 13.2 Å². The topological polar surface area (TPSA) is 92.5 Å². The van der Waals surface area contributed by atoms with E-state index < -0.39 is 15.9 Å². The summed E-state index contributed by atoms with van der Waals surface area (Å²) in [6, 6.07) is 4.00. The summed E-state index contributed by atoms with van der Waals surface area (Å²) in [7, 11) is -1.00. The molecule has 0 saturated carbocycles. The van der Waals surface area contributed by atoms with Crippen molar-refractivity contribution in [3.8, 4) is 0 Å². The SMILES string of the molecule is CNC(=O)CN(C)S(=O)(=O)c1ccc(Cl)c(N)c1. The summed E-state index contributed by atoms with van der Waals surface area (Å²) < 4.78 is 25.1. The lowest BCUT2D eigenvalue weighted by molar-refractivity contribution is -0.120. The number of nitrogens with zero attached hydrogens (tertiary/aromatic N) is 1. The molecule has 0 heterocycles. The quantitative estimate of drug-likeness (QED) is 0.780. The van der Waals surface area contributed by atoms with Crippen LogP contribution in [0.2, 0.25) is 5.02 Å². The van der Waals surface area contributed by atoms with Gasteiger partial charge in [-0.05, 0) is 18.2 Å². The fourth-order valence-corrected chi connectivity index (χ4v) is 2.51. The van der Waals surface area contributed by atoms with Crippen molar-refractivity contribution in [2.45, 2.75) is 4.90 Å². The first-order chi connectivity index (χ1) is 8.28. The van der Waals surface area contributed by atoms with Gasteiger partial charge in [0, 0.05) is 14.1 Å². The largest absolute Gasteiger partial charge is 0.397 e. The lowest BCUT2D eigenvalue weighted by Gasteiger charge is -2.16. The van der Waals surface area contributed by atoms with Crippen LogP contribution in [0.5, 0.6) is 0 Å². The summed E-state index contributed by atoms with van der Waals surface area (Å²) in [6.45, 7) is -0.263. The van der Waals surface area contributed by atoms with Crippen LogP contribution < -0.4 is 11.1 Å². The van der Waals surface area contributed by atoms with Gasteiger partial charge in [-0.25, -0.2) is 8.42 Å². The normalized spacial score (nSPS) is 11.6. The smallest absolute Gasteiger partial charge is 0.243 e. The Balaban J connectivity index is 3.05. The number of benzene rings is 1. The molecule has 0 fully saturated rings. The predicted molar refractivity (Wildman–Crippen MR) is 69.7 cm³/mol. The fraction of sp³-hybridized carbons (Fsp3) is 0.300. The number of hydrogen-bond acceptors (Lipinski definition) is 4. The Kier molecular flexibility index (Phi) is 4.55. The van der Waals surface area contributed by atoms with Gasteiger partial charge in [0.15, 0.2) is 0 Å². The minimum Gasteiger partial charge on any atom is -0.397 e. The molecule has 0 unspecified atom stereocenters. The summed E-state index contributed by atoms with van der Waals surface area (Å²) >= 11 is 5.72. The molecule has 8 heteroatoms. The standard InChI is InChI=1S/C10H14ClN3O3S/c1-13-10(15)6-14(2)18(16,17)7-3-4-8(11)9(12)5-7/h3-5H,6,12H2,1-2H3,(H,13,15). The van der Waals surface area contributed by atoms with E-state index in [1.165, 1.54) is 32.3 Å². The number of amides is 1. The molecule has 1 rings (SSSR count). The maximum absolute atomic E-state index is 12.1. The monoisotopic (exact) mass is 291 g/mol. The Labute approximate surface area is 111 Å². The van der Waals surface area contributed by atoms with Crippen LogP contribution in [-0.2, 0) is 14.8 Å². The maximum Gasteiger partial charge on any atom is 0.243 e. The minimum atomic E-state index is -3.75. The minimum absolute atomic E-state index is 0.00389. The highest BCUT2D eigenvalue weighted by atomic mass is 35.5. The number of nitrogen functional groups attached to an aromatic ring is 1. The molecule has 0 saturated heterocycles. The third-order valence-electron chi connectivity index (χ3n) is 2.32. The van der Waals surface area contributed by atoms with E-state index >= 15 is 0 Å².